The highest BCUT2D eigenvalue weighted by Gasteiger charge is 2.27. The lowest BCUT2D eigenvalue weighted by Crippen LogP contribution is -2.38. The highest BCUT2D eigenvalue weighted by molar-refractivity contribution is 7.92. The number of carbonyl (C=O) groups excluding carboxylic acids is 2. The van der Waals surface area contributed by atoms with Crippen LogP contribution in [0.4, 0.5) is 11.4 Å². The highest BCUT2D eigenvalue weighted by atomic mass is 32.2. The zero-order valence-corrected chi connectivity index (χ0v) is 21.1. The van der Waals surface area contributed by atoms with E-state index in [0.717, 1.165) is 31.4 Å². The van der Waals surface area contributed by atoms with E-state index in [1.54, 1.807) is 29.2 Å². The van der Waals surface area contributed by atoms with Gasteiger partial charge in [-0.05, 0) is 62.4 Å². The summed E-state index contributed by atoms with van der Waals surface area (Å²) in [4.78, 5) is 32.1. The summed E-state index contributed by atoms with van der Waals surface area (Å²) in [6.07, 6.45) is 5.79. The number of furan rings is 1. The van der Waals surface area contributed by atoms with Crippen LogP contribution in [0.25, 0.3) is 0 Å². The maximum absolute atomic E-state index is 13.6. The average molecular weight is 503 g/mol. The van der Waals surface area contributed by atoms with E-state index in [0.29, 0.717) is 62.7 Å². The Labute approximate surface area is 207 Å². The van der Waals surface area contributed by atoms with Gasteiger partial charge in [-0.1, -0.05) is 6.92 Å². The molecule has 1 N–H and O–H groups in total. The quantitative estimate of drug-likeness (QED) is 0.622. The van der Waals surface area contributed by atoms with E-state index in [9.17, 15) is 18.0 Å². The number of benzene rings is 1. The third-order valence-electron chi connectivity index (χ3n) is 6.47. The fraction of sp³-hybridized carbons (Fsp3) is 0.520. The van der Waals surface area contributed by atoms with Crippen LogP contribution in [0.5, 0.6) is 0 Å². The predicted molar refractivity (Wildman–Crippen MR) is 135 cm³/mol. The maximum atomic E-state index is 13.6. The number of hydrogen-bond donors (Lipinski definition) is 1. The minimum atomic E-state index is -3.48. The molecule has 4 rings (SSSR count). The lowest BCUT2D eigenvalue weighted by molar-refractivity contribution is 0.0720. The second kappa shape index (κ2) is 11.2. The molecule has 1 aromatic heterocycles. The minimum Gasteiger partial charge on any atom is -0.459 e. The molecular formula is C25H34N4O5S. The topological polar surface area (TPSA) is 103 Å². The second-order valence-corrected chi connectivity index (χ2v) is 11.0. The second-order valence-electron chi connectivity index (χ2n) is 9.12. The molecule has 190 valence electrons. The first-order valence-electron chi connectivity index (χ1n) is 12.4. The van der Waals surface area contributed by atoms with Crippen molar-refractivity contribution in [1.29, 1.82) is 0 Å². The molecule has 0 atom stereocenters. The molecule has 2 aromatic rings. The number of sulfonamides is 1. The lowest BCUT2D eigenvalue weighted by Gasteiger charge is -2.30. The number of amides is 2. The number of hydrogen-bond acceptors (Lipinski definition) is 6. The van der Waals surface area contributed by atoms with Crippen LogP contribution in [-0.2, 0) is 10.0 Å². The van der Waals surface area contributed by atoms with Crippen LogP contribution < -0.4 is 9.62 Å². The summed E-state index contributed by atoms with van der Waals surface area (Å²) in [6, 6.07) is 8.57. The third-order valence-corrected chi connectivity index (χ3v) is 7.96. The summed E-state index contributed by atoms with van der Waals surface area (Å²) < 4.78 is 32.6. The normalized spacial score (nSPS) is 17.2. The van der Waals surface area contributed by atoms with Gasteiger partial charge in [0, 0.05) is 50.6 Å². The molecule has 2 amide bonds. The molecule has 0 unspecified atom stereocenters. The monoisotopic (exact) mass is 502 g/mol. The van der Waals surface area contributed by atoms with Gasteiger partial charge in [0.25, 0.3) is 11.8 Å². The van der Waals surface area contributed by atoms with Gasteiger partial charge in [0.15, 0.2) is 5.76 Å². The van der Waals surface area contributed by atoms with Gasteiger partial charge in [0.2, 0.25) is 10.0 Å². The molecule has 0 saturated carbocycles. The van der Waals surface area contributed by atoms with Crippen molar-refractivity contribution in [2.75, 3.05) is 54.6 Å². The van der Waals surface area contributed by atoms with Gasteiger partial charge in [0.05, 0.1) is 17.6 Å². The maximum Gasteiger partial charge on any atom is 0.289 e. The van der Waals surface area contributed by atoms with Crippen LogP contribution >= 0.6 is 0 Å². The highest BCUT2D eigenvalue weighted by Crippen LogP contribution is 2.29. The molecule has 35 heavy (non-hydrogen) atoms. The molecule has 0 aliphatic carbocycles. The molecule has 2 aliphatic rings. The smallest absolute Gasteiger partial charge is 0.289 e. The van der Waals surface area contributed by atoms with Gasteiger partial charge >= 0.3 is 0 Å². The van der Waals surface area contributed by atoms with Crippen LogP contribution in [0.15, 0.2) is 41.0 Å². The Bertz CT molecular complexity index is 1130. The van der Waals surface area contributed by atoms with Crippen molar-refractivity contribution < 1.29 is 22.4 Å². The molecule has 2 fully saturated rings. The van der Waals surface area contributed by atoms with Crippen LogP contribution in [0.3, 0.4) is 0 Å². The van der Waals surface area contributed by atoms with Gasteiger partial charge in [-0.2, -0.15) is 0 Å². The summed E-state index contributed by atoms with van der Waals surface area (Å²) >= 11 is 0. The molecule has 9 nitrogen and oxygen atoms in total. The molecule has 2 saturated heterocycles. The SMILES string of the molecule is CCCS(=O)(=O)Nc1ccc(N2CCCN(C(=O)c3ccco3)CC2)c(C(=O)N2CCCCC2)c1. The van der Waals surface area contributed by atoms with Crippen LogP contribution in [0, 0.1) is 0 Å². The van der Waals surface area contributed by atoms with Gasteiger partial charge in [-0.3, -0.25) is 14.3 Å². The number of piperidine rings is 1. The third kappa shape index (κ3) is 6.17. The number of carbonyl (C=O) groups is 2. The predicted octanol–water partition coefficient (Wildman–Crippen LogP) is 3.41. The van der Waals surface area contributed by atoms with E-state index < -0.39 is 10.0 Å². The Morgan fingerprint density at radius 3 is 2.37 bits per heavy atom. The Kier molecular flexibility index (Phi) is 8.00. The Morgan fingerprint density at radius 1 is 0.914 bits per heavy atom. The van der Waals surface area contributed by atoms with Gasteiger partial charge < -0.3 is 19.1 Å². The van der Waals surface area contributed by atoms with Crippen molar-refractivity contribution in [2.24, 2.45) is 0 Å². The van der Waals surface area contributed by atoms with E-state index in [1.165, 1.54) is 6.26 Å². The van der Waals surface area contributed by atoms with E-state index in [4.69, 9.17) is 4.42 Å². The number of rotatable bonds is 7. The fourth-order valence-electron chi connectivity index (χ4n) is 4.73. The first kappa shape index (κ1) is 25.1. The number of likely N-dealkylation sites (tertiary alicyclic amines) is 1. The molecule has 3 heterocycles. The van der Waals surface area contributed by atoms with Crippen molar-refractivity contribution in [3.05, 3.63) is 47.9 Å². The Balaban J connectivity index is 1.58. The molecule has 2 aliphatic heterocycles. The first-order valence-corrected chi connectivity index (χ1v) is 14.0. The van der Waals surface area contributed by atoms with Crippen molar-refractivity contribution in [3.63, 3.8) is 0 Å². The fourth-order valence-corrected chi connectivity index (χ4v) is 5.86. The lowest BCUT2D eigenvalue weighted by atomic mass is 10.1. The summed E-state index contributed by atoms with van der Waals surface area (Å²) in [5, 5.41) is 0. The molecule has 0 radical (unpaired) electrons. The van der Waals surface area contributed by atoms with Crippen molar-refractivity contribution >= 4 is 33.2 Å². The Hall–Kier alpha value is -3.01. The summed E-state index contributed by atoms with van der Waals surface area (Å²) in [6.45, 7) is 5.57. The molecule has 0 bridgehead atoms. The summed E-state index contributed by atoms with van der Waals surface area (Å²) in [5.41, 5.74) is 1.66. The van der Waals surface area contributed by atoms with E-state index in [1.807, 2.05) is 17.9 Å². The first-order chi connectivity index (χ1) is 16.9. The van der Waals surface area contributed by atoms with Crippen molar-refractivity contribution in [1.82, 2.24) is 9.80 Å². The molecular weight excluding hydrogens is 468 g/mol. The van der Waals surface area contributed by atoms with Crippen LogP contribution in [0.2, 0.25) is 0 Å². The zero-order valence-electron chi connectivity index (χ0n) is 20.2. The van der Waals surface area contributed by atoms with E-state index in [-0.39, 0.29) is 17.6 Å². The van der Waals surface area contributed by atoms with Gasteiger partial charge in [-0.25, -0.2) is 8.42 Å². The average Bonchev–Trinajstić information content (AvgIpc) is 3.28. The molecule has 0 spiro atoms. The van der Waals surface area contributed by atoms with Crippen molar-refractivity contribution in [3.8, 4) is 0 Å². The molecule has 10 heteroatoms. The standard InChI is InChI=1S/C25H34N4O5S/c1-2-18-35(32,33)26-20-9-10-22(21(19-20)24(30)28-11-4-3-5-12-28)27-13-7-14-29(16-15-27)25(31)23-8-6-17-34-23/h6,8-10,17,19,26H,2-5,7,11-16,18H2,1H3. The summed E-state index contributed by atoms with van der Waals surface area (Å²) in [7, 11) is -3.48. The van der Waals surface area contributed by atoms with Crippen LogP contribution in [-0.4, -0.2) is 75.1 Å². The minimum absolute atomic E-state index is 0.0236. The molecule has 1 aromatic carbocycles. The number of anilines is 2. The Morgan fingerprint density at radius 2 is 1.66 bits per heavy atom. The van der Waals surface area contributed by atoms with Gasteiger partial charge in [-0.15, -0.1) is 0 Å². The largest absolute Gasteiger partial charge is 0.459 e. The number of nitrogens with zero attached hydrogens (tertiary/aromatic N) is 3. The van der Waals surface area contributed by atoms with Gasteiger partial charge in [0.1, 0.15) is 0 Å². The van der Waals surface area contributed by atoms with E-state index in [2.05, 4.69) is 9.62 Å². The number of nitrogens with one attached hydrogen (secondary N) is 1. The van der Waals surface area contributed by atoms with E-state index >= 15 is 0 Å². The van der Waals surface area contributed by atoms with Crippen molar-refractivity contribution in [2.45, 2.75) is 39.0 Å². The van der Waals surface area contributed by atoms with Crippen LogP contribution in [0.1, 0.15) is 59.9 Å². The summed E-state index contributed by atoms with van der Waals surface area (Å²) in [5.74, 6) is 0.129. The zero-order chi connectivity index (χ0) is 24.8.